The molecule has 1 unspecified atom stereocenters. The van der Waals surface area contributed by atoms with E-state index in [4.69, 9.17) is 5.11 Å². The zero-order valence-electron chi connectivity index (χ0n) is 11.5. The minimum Gasteiger partial charge on any atom is -0.481 e. The summed E-state index contributed by atoms with van der Waals surface area (Å²) in [5, 5.41) is 16.3. The third kappa shape index (κ3) is 6.38. The summed E-state index contributed by atoms with van der Waals surface area (Å²) in [5.41, 5.74) is 0. The van der Waals surface area contributed by atoms with Gasteiger partial charge in [0.25, 0.3) is 0 Å². The topological polar surface area (TPSA) is 78.4 Å². The number of carbonyl (C=O) groups is 2. The maximum absolute atomic E-state index is 11.6. The lowest BCUT2D eigenvalue weighted by Gasteiger charge is -2.15. The van der Waals surface area contributed by atoms with E-state index in [0.29, 0.717) is 13.0 Å². The standard InChI is InChI=1S/C13H19BrN2O3S/c1-8(2)3-9(12(17)18)5-15-13(19)16-6-11-4-10(14)7-20-11/h4,7-9H,3,5-6H2,1-2H3,(H,17,18)(H2,15,16,19). The van der Waals surface area contributed by atoms with Gasteiger partial charge in [0, 0.05) is 21.3 Å². The van der Waals surface area contributed by atoms with Gasteiger partial charge in [-0.25, -0.2) is 4.79 Å². The highest BCUT2D eigenvalue weighted by Gasteiger charge is 2.19. The molecule has 0 fully saturated rings. The molecule has 0 aliphatic heterocycles. The number of hydrogen-bond donors (Lipinski definition) is 3. The molecule has 1 heterocycles. The number of carboxylic acids is 1. The van der Waals surface area contributed by atoms with E-state index in [2.05, 4.69) is 26.6 Å². The molecule has 0 saturated heterocycles. The average Bonchev–Trinajstić information content (AvgIpc) is 2.77. The summed E-state index contributed by atoms with van der Waals surface area (Å²) < 4.78 is 0.989. The Kier molecular flexibility index (Phi) is 7.01. The Hall–Kier alpha value is -1.08. The van der Waals surface area contributed by atoms with Gasteiger partial charge in [0.2, 0.25) is 0 Å². The number of urea groups is 1. The van der Waals surface area contributed by atoms with E-state index in [-0.39, 0.29) is 18.5 Å². The van der Waals surface area contributed by atoms with Crippen LogP contribution in [0.3, 0.4) is 0 Å². The van der Waals surface area contributed by atoms with Crippen LogP contribution in [0, 0.1) is 11.8 Å². The van der Waals surface area contributed by atoms with Gasteiger partial charge in [-0.05, 0) is 34.3 Å². The fourth-order valence-electron chi connectivity index (χ4n) is 1.73. The van der Waals surface area contributed by atoms with Gasteiger partial charge >= 0.3 is 12.0 Å². The van der Waals surface area contributed by atoms with Crippen molar-refractivity contribution in [3.8, 4) is 0 Å². The van der Waals surface area contributed by atoms with Crippen molar-refractivity contribution in [3.63, 3.8) is 0 Å². The summed E-state index contributed by atoms with van der Waals surface area (Å²) in [7, 11) is 0. The summed E-state index contributed by atoms with van der Waals surface area (Å²) in [6.07, 6.45) is 0.549. The predicted molar refractivity (Wildman–Crippen MR) is 82.8 cm³/mol. The first kappa shape index (κ1) is 17.0. The summed E-state index contributed by atoms with van der Waals surface area (Å²) in [6, 6.07) is 1.59. The van der Waals surface area contributed by atoms with Crippen LogP contribution in [0.15, 0.2) is 15.9 Å². The van der Waals surface area contributed by atoms with Crippen LogP contribution in [0.25, 0.3) is 0 Å². The third-order valence-corrected chi connectivity index (χ3v) is 4.36. The number of rotatable bonds is 7. The van der Waals surface area contributed by atoms with E-state index in [0.717, 1.165) is 9.35 Å². The Bertz CT molecular complexity index is 462. The predicted octanol–water partition coefficient (Wildman–Crippen LogP) is 3.06. The van der Waals surface area contributed by atoms with Crippen LogP contribution in [0.1, 0.15) is 25.1 Å². The van der Waals surface area contributed by atoms with Crippen molar-refractivity contribution < 1.29 is 14.7 Å². The Morgan fingerprint density at radius 3 is 2.60 bits per heavy atom. The molecule has 1 atom stereocenters. The molecule has 7 heteroatoms. The summed E-state index contributed by atoms with van der Waals surface area (Å²) >= 11 is 4.89. The highest BCUT2D eigenvalue weighted by molar-refractivity contribution is 9.10. The van der Waals surface area contributed by atoms with Crippen LogP contribution in [0.4, 0.5) is 4.79 Å². The number of thiophene rings is 1. The number of hydrogen-bond acceptors (Lipinski definition) is 3. The smallest absolute Gasteiger partial charge is 0.315 e. The Balaban J connectivity index is 2.32. The van der Waals surface area contributed by atoms with E-state index in [1.807, 2.05) is 25.3 Å². The molecule has 1 aromatic rings. The number of carbonyl (C=O) groups excluding carboxylic acids is 1. The van der Waals surface area contributed by atoms with Crippen molar-refractivity contribution in [2.24, 2.45) is 11.8 Å². The van der Waals surface area contributed by atoms with Gasteiger partial charge in [0.15, 0.2) is 0 Å². The van der Waals surface area contributed by atoms with Crippen molar-refractivity contribution in [1.82, 2.24) is 10.6 Å². The van der Waals surface area contributed by atoms with Crippen molar-refractivity contribution in [2.45, 2.75) is 26.8 Å². The molecule has 3 N–H and O–H groups in total. The summed E-state index contributed by atoms with van der Waals surface area (Å²) in [5.74, 6) is -1.14. The van der Waals surface area contributed by atoms with Crippen LogP contribution in [-0.2, 0) is 11.3 Å². The Morgan fingerprint density at radius 1 is 1.40 bits per heavy atom. The lowest BCUT2D eigenvalue weighted by molar-refractivity contribution is -0.142. The first-order chi connectivity index (χ1) is 9.38. The second-order valence-corrected chi connectivity index (χ2v) is 6.87. The minimum atomic E-state index is -0.874. The van der Waals surface area contributed by atoms with E-state index in [1.54, 1.807) is 11.3 Å². The number of aliphatic carboxylic acids is 1. The zero-order chi connectivity index (χ0) is 15.1. The van der Waals surface area contributed by atoms with Gasteiger partial charge < -0.3 is 15.7 Å². The van der Waals surface area contributed by atoms with E-state index in [1.165, 1.54) is 0 Å². The lowest BCUT2D eigenvalue weighted by Crippen LogP contribution is -2.39. The molecule has 112 valence electrons. The molecule has 0 aromatic carbocycles. The van der Waals surface area contributed by atoms with E-state index in [9.17, 15) is 9.59 Å². The quantitative estimate of drug-likeness (QED) is 0.697. The highest BCUT2D eigenvalue weighted by atomic mass is 79.9. The molecule has 0 aliphatic carbocycles. The molecule has 0 bridgehead atoms. The Labute approximate surface area is 130 Å². The second kappa shape index (κ2) is 8.26. The van der Waals surface area contributed by atoms with Gasteiger partial charge in [-0.3, -0.25) is 4.79 Å². The van der Waals surface area contributed by atoms with Crippen molar-refractivity contribution in [1.29, 1.82) is 0 Å². The van der Waals surface area contributed by atoms with Crippen LogP contribution >= 0.6 is 27.3 Å². The van der Waals surface area contributed by atoms with E-state index < -0.39 is 11.9 Å². The number of halogens is 1. The second-order valence-electron chi connectivity index (χ2n) is 4.96. The fourth-order valence-corrected chi connectivity index (χ4v) is 3.12. The molecule has 2 amide bonds. The lowest BCUT2D eigenvalue weighted by atomic mass is 9.97. The number of nitrogens with one attached hydrogen (secondary N) is 2. The van der Waals surface area contributed by atoms with E-state index >= 15 is 0 Å². The molecule has 0 aliphatic rings. The minimum absolute atomic E-state index is 0.146. The van der Waals surface area contributed by atoms with Gasteiger partial charge in [-0.15, -0.1) is 11.3 Å². The zero-order valence-corrected chi connectivity index (χ0v) is 13.9. The molecule has 0 saturated carbocycles. The van der Waals surface area contributed by atoms with Crippen molar-refractivity contribution in [2.75, 3.05) is 6.54 Å². The molecule has 0 radical (unpaired) electrons. The normalized spacial score (nSPS) is 12.2. The SMILES string of the molecule is CC(C)CC(CNC(=O)NCc1cc(Br)cs1)C(=O)O. The molecule has 0 spiro atoms. The highest BCUT2D eigenvalue weighted by Crippen LogP contribution is 2.19. The molecule has 1 aromatic heterocycles. The number of carboxylic acid groups (broad SMARTS) is 1. The fraction of sp³-hybridized carbons (Fsp3) is 0.538. The molecule has 1 rings (SSSR count). The van der Waals surface area contributed by atoms with Gasteiger partial charge in [0.1, 0.15) is 0 Å². The van der Waals surface area contributed by atoms with Crippen LogP contribution < -0.4 is 10.6 Å². The third-order valence-electron chi connectivity index (χ3n) is 2.66. The summed E-state index contributed by atoms with van der Waals surface area (Å²) in [6.45, 7) is 4.51. The van der Waals surface area contributed by atoms with Crippen LogP contribution in [0.2, 0.25) is 0 Å². The van der Waals surface area contributed by atoms with Gasteiger partial charge in [-0.2, -0.15) is 0 Å². The molecular formula is C13H19BrN2O3S. The molecular weight excluding hydrogens is 344 g/mol. The number of amides is 2. The maximum Gasteiger partial charge on any atom is 0.315 e. The van der Waals surface area contributed by atoms with Crippen molar-refractivity contribution in [3.05, 3.63) is 20.8 Å². The maximum atomic E-state index is 11.6. The summed E-state index contributed by atoms with van der Waals surface area (Å²) in [4.78, 5) is 23.7. The first-order valence-corrected chi connectivity index (χ1v) is 8.03. The van der Waals surface area contributed by atoms with Crippen LogP contribution in [0.5, 0.6) is 0 Å². The largest absolute Gasteiger partial charge is 0.481 e. The van der Waals surface area contributed by atoms with Gasteiger partial charge in [-0.1, -0.05) is 13.8 Å². The molecule has 20 heavy (non-hydrogen) atoms. The van der Waals surface area contributed by atoms with Gasteiger partial charge in [0.05, 0.1) is 12.5 Å². The Morgan fingerprint density at radius 2 is 2.10 bits per heavy atom. The monoisotopic (exact) mass is 362 g/mol. The van der Waals surface area contributed by atoms with Crippen LogP contribution in [-0.4, -0.2) is 23.7 Å². The molecule has 5 nitrogen and oxygen atoms in total. The van der Waals surface area contributed by atoms with Crippen molar-refractivity contribution >= 4 is 39.3 Å². The first-order valence-electron chi connectivity index (χ1n) is 6.36. The average molecular weight is 363 g/mol.